The number of aliphatic carboxylic acids is 1. The van der Waals surface area contributed by atoms with E-state index >= 15 is 0 Å². The van der Waals surface area contributed by atoms with E-state index < -0.39 is 12.1 Å². The second-order valence-electron chi connectivity index (χ2n) is 9.05. The van der Waals surface area contributed by atoms with Gasteiger partial charge in [0.2, 0.25) is 5.91 Å². The zero-order valence-electron chi connectivity index (χ0n) is 19.7. The van der Waals surface area contributed by atoms with Crippen molar-refractivity contribution in [1.29, 1.82) is 0 Å². The maximum atomic E-state index is 12.6. The van der Waals surface area contributed by atoms with Crippen LogP contribution in [0.4, 0.5) is 4.79 Å². The van der Waals surface area contributed by atoms with Gasteiger partial charge < -0.3 is 25.2 Å². The third-order valence-electron chi connectivity index (χ3n) is 6.85. The number of alkyl carbamates (subject to hydrolysis) is 1. The zero-order valence-corrected chi connectivity index (χ0v) is 19.7. The fraction of sp³-hybridized carbons (Fsp3) is 0.444. The molecule has 0 bridgehead atoms. The van der Waals surface area contributed by atoms with Crippen molar-refractivity contribution < 1.29 is 29.0 Å². The first-order chi connectivity index (χ1) is 17.0. The minimum atomic E-state index is -0.910. The summed E-state index contributed by atoms with van der Waals surface area (Å²) < 4.78 is 10.8. The van der Waals surface area contributed by atoms with Crippen molar-refractivity contribution in [3.63, 3.8) is 0 Å². The summed E-state index contributed by atoms with van der Waals surface area (Å²) >= 11 is 0. The zero-order chi connectivity index (χ0) is 24.6. The van der Waals surface area contributed by atoms with Gasteiger partial charge in [-0.15, -0.1) is 0 Å². The highest BCUT2D eigenvalue weighted by molar-refractivity contribution is 5.80. The van der Waals surface area contributed by atoms with Gasteiger partial charge in [0.1, 0.15) is 6.61 Å². The lowest BCUT2D eigenvalue weighted by Gasteiger charge is -2.20. The molecule has 0 saturated heterocycles. The number of hydrogen-bond acceptors (Lipinski definition) is 5. The van der Waals surface area contributed by atoms with Gasteiger partial charge in [-0.05, 0) is 41.0 Å². The molecule has 4 rings (SSSR count). The number of benzene rings is 2. The lowest BCUT2D eigenvalue weighted by Crippen LogP contribution is -2.39. The van der Waals surface area contributed by atoms with E-state index in [4.69, 9.17) is 14.6 Å². The van der Waals surface area contributed by atoms with Gasteiger partial charge in [-0.2, -0.15) is 0 Å². The van der Waals surface area contributed by atoms with Crippen molar-refractivity contribution in [2.75, 3.05) is 32.9 Å². The Hall–Kier alpha value is -3.39. The fourth-order valence-electron chi connectivity index (χ4n) is 5.13. The van der Waals surface area contributed by atoms with Crippen LogP contribution in [0.2, 0.25) is 0 Å². The van der Waals surface area contributed by atoms with Gasteiger partial charge in [-0.1, -0.05) is 55.0 Å². The third-order valence-corrected chi connectivity index (χ3v) is 6.85. The Morgan fingerprint density at radius 3 is 2.29 bits per heavy atom. The molecule has 2 aliphatic carbocycles. The van der Waals surface area contributed by atoms with Crippen LogP contribution in [0.15, 0.2) is 48.5 Å². The molecular formula is C27H32N2O6. The monoisotopic (exact) mass is 480 g/mol. The molecule has 0 heterocycles. The number of carboxylic acid groups (broad SMARTS) is 1. The van der Waals surface area contributed by atoms with E-state index in [0.29, 0.717) is 13.1 Å². The Morgan fingerprint density at radius 1 is 0.914 bits per heavy atom. The summed E-state index contributed by atoms with van der Waals surface area (Å²) in [6.45, 7) is 1.39. The van der Waals surface area contributed by atoms with Gasteiger partial charge >= 0.3 is 12.1 Å². The largest absolute Gasteiger partial charge is 0.481 e. The average molecular weight is 481 g/mol. The van der Waals surface area contributed by atoms with Crippen LogP contribution in [0.25, 0.3) is 11.1 Å². The van der Waals surface area contributed by atoms with Gasteiger partial charge in [-0.25, -0.2) is 4.79 Å². The molecule has 2 aromatic carbocycles. The van der Waals surface area contributed by atoms with Gasteiger partial charge in [0.15, 0.2) is 0 Å². The standard InChI is InChI=1S/C27H32N2O6/c30-25(31)12-14-34-15-13-28-26(32)19-11-5-6-18(19)16-29-27(33)35-17-24-22-9-3-1-7-20(22)21-8-2-4-10-23(21)24/h1-4,7-10,18-19,24H,5-6,11-17H2,(H,28,32)(H,29,33)(H,30,31). The number of amides is 2. The van der Waals surface area contributed by atoms with Crippen LogP contribution >= 0.6 is 0 Å². The molecular weight excluding hydrogens is 448 g/mol. The van der Waals surface area contributed by atoms with Crippen LogP contribution < -0.4 is 10.6 Å². The Labute approximate surface area is 205 Å². The lowest BCUT2D eigenvalue weighted by atomic mass is 9.95. The van der Waals surface area contributed by atoms with Crippen LogP contribution in [0, 0.1) is 11.8 Å². The number of hydrogen-bond donors (Lipinski definition) is 3. The SMILES string of the molecule is O=C(O)CCOCCNC(=O)C1CCCC1CNC(=O)OCC1c2ccccc2-c2ccccc21. The van der Waals surface area contributed by atoms with E-state index in [1.807, 2.05) is 24.3 Å². The average Bonchev–Trinajstić information content (AvgIpc) is 3.46. The van der Waals surface area contributed by atoms with E-state index in [1.54, 1.807) is 0 Å². The predicted molar refractivity (Wildman–Crippen MR) is 130 cm³/mol. The van der Waals surface area contributed by atoms with E-state index in [1.165, 1.54) is 22.3 Å². The molecule has 8 heteroatoms. The normalized spacial score (nSPS) is 18.5. The highest BCUT2D eigenvalue weighted by atomic mass is 16.5. The molecule has 1 fully saturated rings. The quantitative estimate of drug-likeness (QED) is 0.424. The fourth-order valence-corrected chi connectivity index (χ4v) is 5.13. The Bertz CT molecular complexity index is 1010. The first-order valence-electron chi connectivity index (χ1n) is 12.2. The minimum absolute atomic E-state index is 0.0101. The summed E-state index contributed by atoms with van der Waals surface area (Å²) in [6.07, 6.45) is 2.06. The molecule has 3 N–H and O–H groups in total. The molecule has 2 atom stereocenters. The number of ether oxygens (including phenoxy) is 2. The lowest BCUT2D eigenvalue weighted by molar-refractivity contribution is -0.138. The van der Waals surface area contributed by atoms with Gasteiger partial charge in [-0.3, -0.25) is 9.59 Å². The van der Waals surface area contributed by atoms with E-state index in [-0.39, 0.29) is 49.9 Å². The molecule has 0 aromatic heterocycles. The van der Waals surface area contributed by atoms with Crippen LogP contribution in [-0.2, 0) is 19.1 Å². The van der Waals surface area contributed by atoms with Gasteiger partial charge in [0, 0.05) is 24.9 Å². The summed E-state index contributed by atoms with van der Waals surface area (Å²) in [5, 5.41) is 14.3. The van der Waals surface area contributed by atoms with Gasteiger partial charge in [0.05, 0.1) is 19.6 Å². The van der Waals surface area contributed by atoms with Crippen LogP contribution in [0.5, 0.6) is 0 Å². The van der Waals surface area contributed by atoms with Gasteiger partial charge in [0.25, 0.3) is 0 Å². The number of fused-ring (bicyclic) bond motifs is 3. The molecule has 2 aliphatic rings. The van der Waals surface area contributed by atoms with Crippen molar-refractivity contribution in [1.82, 2.24) is 10.6 Å². The van der Waals surface area contributed by atoms with Crippen LogP contribution in [-0.4, -0.2) is 56.0 Å². The highest BCUT2D eigenvalue weighted by Gasteiger charge is 2.33. The van der Waals surface area contributed by atoms with E-state index in [0.717, 1.165) is 19.3 Å². The van der Waals surface area contributed by atoms with Crippen molar-refractivity contribution in [2.24, 2.45) is 11.8 Å². The number of carbonyl (C=O) groups is 3. The van der Waals surface area contributed by atoms with E-state index in [2.05, 4.69) is 34.9 Å². The van der Waals surface area contributed by atoms with E-state index in [9.17, 15) is 14.4 Å². The second kappa shape index (κ2) is 11.8. The number of carbonyl (C=O) groups excluding carboxylic acids is 2. The molecule has 0 spiro atoms. The summed E-state index contributed by atoms with van der Waals surface area (Å²) in [5.74, 6) is -1.06. The summed E-state index contributed by atoms with van der Waals surface area (Å²) in [6, 6.07) is 16.4. The molecule has 2 amide bonds. The molecule has 0 radical (unpaired) electrons. The Kier molecular flexibility index (Phi) is 8.36. The molecule has 2 aromatic rings. The summed E-state index contributed by atoms with van der Waals surface area (Å²) in [4.78, 5) is 35.5. The first kappa shape index (κ1) is 24.7. The molecule has 2 unspecified atom stereocenters. The van der Waals surface area contributed by atoms with Crippen LogP contribution in [0.1, 0.15) is 42.7 Å². The third kappa shape index (κ3) is 6.19. The minimum Gasteiger partial charge on any atom is -0.481 e. The number of nitrogens with one attached hydrogen (secondary N) is 2. The van der Waals surface area contributed by atoms with Crippen molar-refractivity contribution in [3.05, 3.63) is 59.7 Å². The number of rotatable bonds is 11. The smallest absolute Gasteiger partial charge is 0.407 e. The van der Waals surface area contributed by atoms with Crippen molar-refractivity contribution >= 4 is 18.0 Å². The molecule has 0 aliphatic heterocycles. The maximum absolute atomic E-state index is 12.6. The summed E-state index contributed by atoms with van der Waals surface area (Å²) in [7, 11) is 0. The molecule has 35 heavy (non-hydrogen) atoms. The van der Waals surface area contributed by atoms with Crippen molar-refractivity contribution in [2.45, 2.75) is 31.6 Å². The molecule has 186 valence electrons. The first-order valence-corrected chi connectivity index (χ1v) is 12.2. The molecule has 8 nitrogen and oxygen atoms in total. The highest BCUT2D eigenvalue weighted by Crippen LogP contribution is 2.44. The predicted octanol–water partition coefficient (Wildman–Crippen LogP) is 3.55. The molecule has 1 saturated carbocycles. The Balaban J connectivity index is 1.21. The topological polar surface area (TPSA) is 114 Å². The second-order valence-corrected chi connectivity index (χ2v) is 9.05. The number of carboxylic acids is 1. The summed E-state index contributed by atoms with van der Waals surface area (Å²) in [5.41, 5.74) is 4.70. The maximum Gasteiger partial charge on any atom is 0.407 e. The van der Waals surface area contributed by atoms with Crippen molar-refractivity contribution in [3.8, 4) is 11.1 Å². The van der Waals surface area contributed by atoms with Crippen LogP contribution in [0.3, 0.4) is 0 Å². The Morgan fingerprint density at radius 2 is 1.60 bits per heavy atom.